The van der Waals surface area contributed by atoms with E-state index in [0.717, 1.165) is 57.8 Å². The molecule has 0 heterocycles. The molecule has 0 radical (unpaired) electrons. The molecule has 6 nitrogen and oxygen atoms in total. The van der Waals surface area contributed by atoms with E-state index in [0.29, 0.717) is 19.3 Å². The maximum atomic E-state index is 12.8. The fourth-order valence-electron chi connectivity index (χ4n) is 8.02. The van der Waals surface area contributed by atoms with Crippen molar-refractivity contribution in [3.05, 3.63) is 24.3 Å². The Morgan fingerprint density at radius 3 is 0.823 bits per heavy atom. The van der Waals surface area contributed by atoms with Gasteiger partial charge >= 0.3 is 17.9 Å². The molecule has 1 atom stereocenters. The number of esters is 3. The summed E-state index contributed by atoms with van der Waals surface area (Å²) in [5, 5.41) is 0. The second-order valence-electron chi connectivity index (χ2n) is 18.5. The van der Waals surface area contributed by atoms with Crippen molar-refractivity contribution in [2.45, 2.75) is 303 Å². The zero-order chi connectivity index (χ0) is 45.1. The third kappa shape index (κ3) is 48.9. The van der Waals surface area contributed by atoms with Crippen LogP contribution >= 0.6 is 0 Å². The minimum atomic E-state index is -0.770. The van der Waals surface area contributed by atoms with Gasteiger partial charge in [-0.3, -0.25) is 14.4 Å². The molecule has 0 rings (SSSR count). The van der Waals surface area contributed by atoms with Gasteiger partial charge in [0, 0.05) is 19.3 Å². The first-order valence-electron chi connectivity index (χ1n) is 27.3. The van der Waals surface area contributed by atoms with Crippen molar-refractivity contribution in [1.82, 2.24) is 0 Å². The van der Waals surface area contributed by atoms with Gasteiger partial charge in [-0.25, -0.2) is 0 Å². The van der Waals surface area contributed by atoms with Crippen molar-refractivity contribution in [2.24, 2.45) is 0 Å². The normalized spacial score (nSPS) is 12.1. The van der Waals surface area contributed by atoms with Crippen LogP contribution in [-0.2, 0) is 28.6 Å². The van der Waals surface area contributed by atoms with Gasteiger partial charge in [-0.2, -0.15) is 0 Å². The van der Waals surface area contributed by atoms with Crippen molar-refractivity contribution in [3.8, 4) is 0 Å². The molecule has 0 amide bonds. The van der Waals surface area contributed by atoms with E-state index in [4.69, 9.17) is 14.2 Å². The molecule has 0 bridgehead atoms. The molecular formula is C56H104O6. The molecule has 62 heavy (non-hydrogen) atoms. The molecule has 0 spiro atoms. The maximum absolute atomic E-state index is 12.8. The molecule has 0 N–H and O–H groups in total. The second-order valence-corrected chi connectivity index (χ2v) is 18.5. The number of unbranched alkanes of at least 4 members (excludes halogenated alkanes) is 35. The average molecular weight is 873 g/mol. The van der Waals surface area contributed by atoms with E-state index in [9.17, 15) is 14.4 Å². The SMILES string of the molecule is CCCCCC/C=C\CCCCCCCCCC(=O)O[C@H](COC(=O)CCCCCCCCC/C=C\CCCCCCCC)COC(=O)CCCCCCCCCCCCCC. The highest BCUT2D eigenvalue weighted by molar-refractivity contribution is 5.71. The highest BCUT2D eigenvalue weighted by Crippen LogP contribution is 2.16. The van der Waals surface area contributed by atoms with Crippen molar-refractivity contribution < 1.29 is 28.6 Å². The average Bonchev–Trinajstić information content (AvgIpc) is 3.27. The number of hydrogen-bond donors (Lipinski definition) is 0. The Morgan fingerprint density at radius 1 is 0.306 bits per heavy atom. The summed E-state index contributed by atoms with van der Waals surface area (Å²) in [6.07, 6.45) is 58.7. The first-order valence-corrected chi connectivity index (χ1v) is 27.3. The molecule has 0 aliphatic heterocycles. The summed E-state index contributed by atoms with van der Waals surface area (Å²) >= 11 is 0. The number of ether oxygens (including phenoxy) is 3. The van der Waals surface area contributed by atoms with Crippen LogP contribution in [0.2, 0.25) is 0 Å². The van der Waals surface area contributed by atoms with Crippen molar-refractivity contribution in [3.63, 3.8) is 0 Å². The minimum Gasteiger partial charge on any atom is -0.462 e. The monoisotopic (exact) mass is 873 g/mol. The van der Waals surface area contributed by atoms with Crippen LogP contribution in [0, 0.1) is 0 Å². The van der Waals surface area contributed by atoms with Gasteiger partial charge in [0.25, 0.3) is 0 Å². The summed E-state index contributed by atoms with van der Waals surface area (Å²) in [4.78, 5) is 38.0. The van der Waals surface area contributed by atoms with Crippen LogP contribution in [0.1, 0.15) is 297 Å². The van der Waals surface area contributed by atoms with Crippen LogP contribution in [-0.4, -0.2) is 37.2 Å². The minimum absolute atomic E-state index is 0.0704. The van der Waals surface area contributed by atoms with Gasteiger partial charge in [-0.15, -0.1) is 0 Å². The van der Waals surface area contributed by atoms with Crippen LogP contribution in [0.25, 0.3) is 0 Å². The molecule has 6 heteroatoms. The maximum Gasteiger partial charge on any atom is 0.306 e. The summed E-state index contributed by atoms with van der Waals surface area (Å²) in [6, 6.07) is 0. The van der Waals surface area contributed by atoms with Crippen LogP contribution in [0.15, 0.2) is 24.3 Å². The molecule has 364 valence electrons. The lowest BCUT2D eigenvalue weighted by Crippen LogP contribution is -2.30. The van der Waals surface area contributed by atoms with E-state index in [1.807, 2.05) is 0 Å². The quantitative estimate of drug-likeness (QED) is 0.0262. The molecule has 0 saturated carbocycles. The van der Waals surface area contributed by atoms with Crippen molar-refractivity contribution in [2.75, 3.05) is 13.2 Å². The van der Waals surface area contributed by atoms with Gasteiger partial charge in [-0.1, -0.05) is 231 Å². The molecule has 0 aliphatic rings. The lowest BCUT2D eigenvalue weighted by Gasteiger charge is -2.18. The highest BCUT2D eigenvalue weighted by atomic mass is 16.6. The Morgan fingerprint density at radius 2 is 0.532 bits per heavy atom. The summed E-state index contributed by atoms with van der Waals surface area (Å²) in [7, 11) is 0. The third-order valence-electron chi connectivity index (χ3n) is 12.2. The largest absolute Gasteiger partial charge is 0.462 e. The topological polar surface area (TPSA) is 78.9 Å². The molecule has 0 aliphatic carbocycles. The third-order valence-corrected chi connectivity index (χ3v) is 12.2. The fourth-order valence-corrected chi connectivity index (χ4v) is 8.02. The number of hydrogen-bond acceptors (Lipinski definition) is 6. The standard InChI is InChI=1S/C56H104O6/c1-4-7-10-13-16-19-22-25-27-28-30-31-34-37-40-43-46-49-55(58)61-52-53(51-60-54(57)48-45-42-39-36-33-24-21-18-15-12-9-6-3)62-56(59)50-47-44-41-38-35-32-29-26-23-20-17-14-11-8-5-2/h20,23,25,27,53H,4-19,21-22,24,26,28-52H2,1-3H3/b23-20-,27-25-/t53-/m0/s1. The zero-order valence-corrected chi connectivity index (χ0v) is 41.7. The molecule has 0 aromatic rings. The Balaban J connectivity index is 4.33. The van der Waals surface area contributed by atoms with Gasteiger partial charge in [0.2, 0.25) is 0 Å². The van der Waals surface area contributed by atoms with Crippen LogP contribution < -0.4 is 0 Å². The summed E-state index contributed by atoms with van der Waals surface area (Å²) in [5.74, 6) is -0.864. The lowest BCUT2D eigenvalue weighted by molar-refractivity contribution is -0.167. The predicted octanol–water partition coefficient (Wildman–Crippen LogP) is 17.9. The van der Waals surface area contributed by atoms with Gasteiger partial charge in [0.1, 0.15) is 13.2 Å². The van der Waals surface area contributed by atoms with E-state index in [-0.39, 0.29) is 31.1 Å². The Kier molecular flexibility index (Phi) is 49.8. The first-order chi connectivity index (χ1) is 30.5. The van der Waals surface area contributed by atoms with Gasteiger partial charge in [-0.05, 0) is 70.6 Å². The van der Waals surface area contributed by atoms with Crippen LogP contribution in [0.4, 0.5) is 0 Å². The summed E-state index contributed by atoms with van der Waals surface area (Å²) in [6.45, 7) is 6.64. The molecule has 0 aromatic carbocycles. The zero-order valence-electron chi connectivity index (χ0n) is 41.7. The summed E-state index contributed by atoms with van der Waals surface area (Å²) in [5.41, 5.74) is 0. The molecule has 0 saturated heterocycles. The predicted molar refractivity (Wildman–Crippen MR) is 266 cm³/mol. The number of carbonyl (C=O) groups excluding carboxylic acids is 3. The highest BCUT2D eigenvalue weighted by Gasteiger charge is 2.19. The molecule has 0 fully saturated rings. The first kappa shape index (κ1) is 59.9. The van der Waals surface area contributed by atoms with E-state index >= 15 is 0 Å². The number of rotatable bonds is 50. The van der Waals surface area contributed by atoms with E-state index in [1.54, 1.807) is 0 Å². The Hall–Kier alpha value is -2.11. The Labute approximate surface area is 385 Å². The van der Waals surface area contributed by atoms with E-state index in [2.05, 4.69) is 45.1 Å². The van der Waals surface area contributed by atoms with E-state index in [1.165, 1.54) is 199 Å². The lowest BCUT2D eigenvalue weighted by atomic mass is 10.0. The van der Waals surface area contributed by atoms with Crippen molar-refractivity contribution >= 4 is 17.9 Å². The number of carbonyl (C=O) groups is 3. The van der Waals surface area contributed by atoms with Gasteiger partial charge < -0.3 is 14.2 Å². The smallest absolute Gasteiger partial charge is 0.306 e. The number of allylic oxidation sites excluding steroid dienone is 4. The van der Waals surface area contributed by atoms with Crippen molar-refractivity contribution in [1.29, 1.82) is 0 Å². The van der Waals surface area contributed by atoms with Crippen LogP contribution in [0.3, 0.4) is 0 Å². The van der Waals surface area contributed by atoms with E-state index < -0.39 is 6.10 Å². The molecule has 0 unspecified atom stereocenters. The molecule has 0 aromatic heterocycles. The van der Waals surface area contributed by atoms with Gasteiger partial charge in [0.15, 0.2) is 6.10 Å². The molecular weight excluding hydrogens is 769 g/mol. The van der Waals surface area contributed by atoms with Crippen LogP contribution in [0.5, 0.6) is 0 Å². The second kappa shape index (κ2) is 51.5. The fraction of sp³-hybridized carbons (Fsp3) is 0.875. The van der Waals surface area contributed by atoms with Gasteiger partial charge in [0.05, 0.1) is 0 Å². The summed E-state index contributed by atoms with van der Waals surface area (Å²) < 4.78 is 16.8. The Bertz CT molecular complexity index is 1000.